The van der Waals surface area contributed by atoms with Gasteiger partial charge in [0.25, 0.3) is 0 Å². The maximum atomic E-state index is 15.0. The maximum Gasteiger partial charge on any atom is 0.246 e. The number of likely N-dealkylation sites (N-methyl/N-ethyl adjacent to an activating group) is 7. The van der Waals surface area contributed by atoms with E-state index >= 15 is 0 Å². The summed E-state index contributed by atoms with van der Waals surface area (Å²) in [5.74, 6) is -8.23. The Hall–Kier alpha value is -5.83. The van der Waals surface area contributed by atoms with Crippen molar-refractivity contribution in [1.82, 2.24) is 55.6 Å². The third-order valence-corrected chi connectivity index (χ3v) is 15.2. The van der Waals surface area contributed by atoms with Crippen molar-refractivity contribution in [3.63, 3.8) is 0 Å². The standard InChI is InChI=1S/C59H107N11O11/c1-25-41-55(77)64(18)31-47(71)65(19)42(26-32(2)3)53(75)63-48(37(12)13)58(80)66(20)43(27-33(4)5)51(73)60-39(16)50(72)61-40(17)54(76)68(22)45(29-35(8)9)56(78)69(23)46(30-36(10)11)57(79)70(24)49(38(14)15)59(81)67(21)44(28-34(6)7)52(74)62-41/h32-46,48-49H,25-31H2,1-24H3,(H,60,73)(H,61,72)(H,62,74)(H,63,75)/t39-,40+,41-,42-,43-,44-,45+,46-,48-,49-/m0/s1. The molecule has 0 unspecified atom stereocenters. The minimum absolute atomic E-state index is 0.109. The number of nitrogens with one attached hydrogen (secondary N) is 4. The van der Waals surface area contributed by atoms with Crippen LogP contribution in [0.1, 0.15) is 156 Å². The summed E-state index contributed by atoms with van der Waals surface area (Å²) in [6.07, 6.45) is 1.04. The lowest BCUT2D eigenvalue weighted by molar-refractivity contribution is -0.156. The van der Waals surface area contributed by atoms with Gasteiger partial charge in [-0.15, -0.1) is 0 Å². The Morgan fingerprint density at radius 3 is 1.12 bits per heavy atom. The average molecular weight is 1150 g/mol. The van der Waals surface area contributed by atoms with Crippen molar-refractivity contribution in [3.05, 3.63) is 0 Å². The molecule has 0 aromatic carbocycles. The van der Waals surface area contributed by atoms with Crippen molar-refractivity contribution in [2.24, 2.45) is 41.4 Å². The molecule has 1 rings (SSSR count). The number of nitrogens with zero attached hydrogens (tertiary/aromatic N) is 7. The van der Waals surface area contributed by atoms with Crippen LogP contribution in [-0.2, 0) is 52.7 Å². The van der Waals surface area contributed by atoms with Gasteiger partial charge in [0.05, 0.1) is 6.54 Å². The highest BCUT2D eigenvalue weighted by molar-refractivity contribution is 5.99. The van der Waals surface area contributed by atoms with Gasteiger partial charge >= 0.3 is 0 Å². The Bertz CT molecular complexity index is 2180. The van der Waals surface area contributed by atoms with Gasteiger partial charge in [-0.2, -0.15) is 0 Å². The topological polar surface area (TPSA) is 259 Å². The largest absolute Gasteiger partial charge is 0.343 e. The Morgan fingerprint density at radius 2 is 0.716 bits per heavy atom. The van der Waals surface area contributed by atoms with E-state index in [4.69, 9.17) is 0 Å². The Kier molecular flexibility index (Phi) is 29.6. The van der Waals surface area contributed by atoms with E-state index in [-0.39, 0.29) is 68.1 Å². The number of rotatable bonds is 13. The molecular formula is C59H107N11O11. The maximum absolute atomic E-state index is 15.0. The van der Waals surface area contributed by atoms with E-state index < -0.39 is 144 Å². The van der Waals surface area contributed by atoms with E-state index in [1.165, 1.54) is 97.5 Å². The molecule has 22 heteroatoms. The number of hydrogen-bond donors (Lipinski definition) is 4. The lowest BCUT2D eigenvalue weighted by Crippen LogP contribution is -2.61. The molecule has 1 fully saturated rings. The van der Waals surface area contributed by atoms with Gasteiger partial charge in [0.2, 0.25) is 65.0 Å². The van der Waals surface area contributed by atoms with Crippen LogP contribution in [0.4, 0.5) is 0 Å². The van der Waals surface area contributed by atoms with Crippen molar-refractivity contribution >= 4 is 65.0 Å². The van der Waals surface area contributed by atoms with Crippen molar-refractivity contribution < 1.29 is 52.7 Å². The average Bonchev–Trinajstić information content (AvgIpc) is 3.37. The molecule has 464 valence electrons. The summed E-state index contributed by atoms with van der Waals surface area (Å²) in [4.78, 5) is 168. The number of carbonyl (C=O) groups is 11. The summed E-state index contributed by atoms with van der Waals surface area (Å²) in [5, 5.41) is 11.1. The summed E-state index contributed by atoms with van der Waals surface area (Å²) in [6.45, 7) is 30.0. The SMILES string of the molecule is CC[C@@H]1NC(=O)[C@H](CC(C)C)N(C)C(=O)[C@H](C(C)C)N(C)C(=O)[C@H](CC(C)C)N(C)C(=O)[C@@H](CC(C)C)N(C)C(=O)[C@@H](C)NC(=O)[C@H](C)NC(=O)[C@H](CC(C)C)N(C)C(=O)[C@H](C(C)C)NC(=O)[C@H](CC(C)C)N(C)C(=O)CN(C)C1=O. The number of amides is 11. The van der Waals surface area contributed by atoms with Crippen molar-refractivity contribution in [1.29, 1.82) is 0 Å². The zero-order valence-electron chi connectivity index (χ0n) is 53.9. The van der Waals surface area contributed by atoms with Crippen LogP contribution in [0.2, 0.25) is 0 Å². The van der Waals surface area contributed by atoms with Crippen molar-refractivity contribution in [2.45, 2.75) is 217 Å². The molecule has 0 aliphatic carbocycles. The predicted octanol–water partition coefficient (Wildman–Crippen LogP) is 3.35. The molecule has 1 aliphatic rings. The minimum atomic E-state index is -1.21. The quantitative estimate of drug-likeness (QED) is 0.208. The Morgan fingerprint density at radius 1 is 0.370 bits per heavy atom. The van der Waals surface area contributed by atoms with Gasteiger partial charge in [-0.3, -0.25) is 52.7 Å². The third kappa shape index (κ3) is 20.8. The lowest BCUT2D eigenvalue weighted by Gasteiger charge is -2.41. The fourth-order valence-electron chi connectivity index (χ4n) is 10.2. The molecule has 0 bridgehead atoms. The zero-order chi connectivity index (χ0) is 63.0. The summed E-state index contributed by atoms with van der Waals surface area (Å²) in [6, 6.07) is -11.3. The van der Waals surface area contributed by atoms with Crippen LogP contribution in [-0.4, -0.2) is 216 Å². The molecule has 11 amide bonds. The zero-order valence-corrected chi connectivity index (χ0v) is 53.9. The van der Waals surface area contributed by atoms with Crippen LogP contribution in [0.15, 0.2) is 0 Å². The molecule has 0 aromatic heterocycles. The molecule has 22 nitrogen and oxygen atoms in total. The molecule has 0 saturated carbocycles. The molecular weight excluding hydrogens is 1040 g/mol. The first-order chi connectivity index (χ1) is 37.2. The van der Waals surface area contributed by atoms with Gasteiger partial charge in [0, 0.05) is 49.3 Å². The smallest absolute Gasteiger partial charge is 0.246 e. The van der Waals surface area contributed by atoms with E-state index in [1.807, 2.05) is 69.2 Å². The van der Waals surface area contributed by atoms with Gasteiger partial charge in [-0.05, 0) is 93.8 Å². The van der Waals surface area contributed by atoms with Crippen LogP contribution in [0.5, 0.6) is 0 Å². The van der Waals surface area contributed by atoms with Gasteiger partial charge in [-0.25, -0.2) is 0 Å². The molecule has 0 radical (unpaired) electrons. The molecule has 81 heavy (non-hydrogen) atoms. The van der Waals surface area contributed by atoms with E-state index in [9.17, 15) is 52.7 Å². The summed E-state index contributed by atoms with van der Waals surface area (Å²) in [5.41, 5.74) is 0. The third-order valence-electron chi connectivity index (χ3n) is 15.2. The van der Waals surface area contributed by atoms with Crippen LogP contribution < -0.4 is 21.3 Å². The monoisotopic (exact) mass is 1150 g/mol. The van der Waals surface area contributed by atoms with Gasteiger partial charge < -0.3 is 55.6 Å². The van der Waals surface area contributed by atoms with Crippen LogP contribution in [0.3, 0.4) is 0 Å². The first kappa shape index (κ1) is 73.2. The highest BCUT2D eigenvalue weighted by atomic mass is 16.2. The van der Waals surface area contributed by atoms with Crippen LogP contribution in [0, 0.1) is 41.4 Å². The van der Waals surface area contributed by atoms with Crippen molar-refractivity contribution in [3.8, 4) is 0 Å². The van der Waals surface area contributed by atoms with E-state index in [0.29, 0.717) is 0 Å². The van der Waals surface area contributed by atoms with E-state index in [2.05, 4.69) is 21.3 Å². The van der Waals surface area contributed by atoms with Crippen LogP contribution in [0.25, 0.3) is 0 Å². The highest BCUT2D eigenvalue weighted by Crippen LogP contribution is 2.25. The molecule has 10 atom stereocenters. The highest BCUT2D eigenvalue weighted by Gasteiger charge is 2.44. The summed E-state index contributed by atoms with van der Waals surface area (Å²) < 4.78 is 0. The number of hydrogen-bond acceptors (Lipinski definition) is 11. The Labute approximate surface area is 485 Å². The summed E-state index contributed by atoms with van der Waals surface area (Å²) in [7, 11) is 10.2. The second kappa shape index (κ2) is 32.7. The Balaban J connectivity index is 4.20. The fourth-order valence-corrected chi connectivity index (χ4v) is 10.2. The lowest BCUT2D eigenvalue weighted by atomic mass is 9.95. The van der Waals surface area contributed by atoms with Crippen LogP contribution >= 0.6 is 0 Å². The second-order valence-electron chi connectivity index (χ2n) is 25.5. The molecule has 1 saturated heterocycles. The fraction of sp³-hybridized carbons (Fsp3) is 0.814. The molecule has 0 aromatic rings. The molecule has 4 N–H and O–H groups in total. The summed E-state index contributed by atoms with van der Waals surface area (Å²) >= 11 is 0. The van der Waals surface area contributed by atoms with E-state index in [0.717, 1.165) is 0 Å². The van der Waals surface area contributed by atoms with Gasteiger partial charge in [0.15, 0.2) is 0 Å². The van der Waals surface area contributed by atoms with Gasteiger partial charge in [-0.1, -0.05) is 104 Å². The molecule has 0 spiro atoms. The van der Waals surface area contributed by atoms with Crippen molar-refractivity contribution in [2.75, 3.05) is 55.9 Å². The first-order valence-corrected chi connectivity index (χ1v) is 29.3. The normalized spacial score (nSPS) is 26.8. The van der Waals surface area contributed by atoms with E-state index in [1.54, 1.807) is 34.6 Å². The molecule has 1 aliphatic heterocycles. The predicted molar refractivity (Wildman–Crippen MR) is 313 cm³/mol. The number of carbonyl (C=O) groups excluding carboxylic acids is 11. The first-order valence-electron chi connectivity index (χ1n) is 29.3. The second-order valence-corrected chi connectivity index (χ2v) is 25.5. The minimum Gasteiger partial charge on any atom is -0.343 e. The van der Waals surface area contributed by atoms with Gasteiger partial charge in [0.1, 0.15) is 60.4 Å². The molecule has 1 heterocycles.